The Morgan fingerprint density at radius 3 is 2.42 bits per heavy atom. The van der Waals surface area contributed by atoms with Crippen molar-refractivity contribution in [2.75, 3.05) is 7.05 Å². The van der Waals surface area contributed by atoms with Crippen LogP contribution >= 0.6 is 0 Å². The van der Waals surface area contributed by atoms with E-state index in [1.54, 1.807) is 0 Å². The van der Waals surface area contributed by atoms with Crippen molar-refractivity contribution >= 4 is 11.0 Å². The summed E-state index contributed by atoms with van der Waals surface area (Å²) in [6.45, 7) is 0. The van der Waals surface area contributed by atoms with Gasteiger partial charge in [-0.1, -0.05) is 6.07 Å². The number of fused-ring (bicyclic) bond motifs is 1. The van der Waals surface area contributed by atoms with E-state index in [-0.39, 0.29) is 11.1 Å². The van der Waals surface area contributed by atoms with Crippen LogP contribution in [0.15, 0.2) is 23.0 Å². The van der Waals surface area contributed by atoms with Crippen molar-refractivity contribution in [3.05, 3.63) is 34.2 Å². The van der Waals surface area contributed by atoms with E-state index in [1.165, 1.54) is 25.2 Å². The summed E-state index contributed by atoms with van der Waals surface area (Å²) in [6, 6.07) is 2.05. The van der Waals surface area contributed by atoms with E-state index in [4.69, 9.17) is 0 Å². The van der Waals surface area contributed by atoms with E-state index < -0.39 is 24.1 Å². The summed E-state index contributed by atoms with van der Waals surface area (Å²) < 4.78 is 51.6. The predicted octanol–water partition coefficient (Wildman–Crippen LogP) is 2.02. The molecule has 1 heterocycles. The number of hydrogen-bond acceptors (Lipinski definition) is 2. The van der Waals surface area contributed by atoms with Gasteiger partial charge in [-0.25, -0.2) is 13.6 Å². The van der Waals surface area contributed by atoms with Gasteiger partial charge in [0.05, 0.1) is 11.0 Å². The third-order valence-corrected chi connectivity index (χ3v) is 2.84. The summed E-state index contributed by atoms with van der Waals surface area (Å²) >= 11 is 0. The quantitative estimate of drug-likeness (QED) is 0.749. The second-order valence-corrected chi connectivity index (χ2v) is 4.08. The number of nitrogens with one attached hydrogen (secondary N) is 3. The number of rotatable bonds is 4. The summed E-state index contributed by atoms with van der Waals surface area (Å²) in [5.41, 5.74) is 0.182. The number of benzene rings is 1. The lowest BCUT2D eigenvalue weighted by molar-refractivity contribution is -0.150. The Labute approximate surface area is 104 Å². The largest absolute Gasteiger partial charge is 0.326 e. The average molecular weight is 277 g/mol. The third-order valence-electron chi connectivity index (χ3n) is 2.84. The highest BCUT2D eigenvalue weighted by molar-refractivity contribution is 5.75. The van der Waals surface area contributed by atoms with Crippen molar-refractivity contribution in [1.82, 2.24) is 15.3 Å². The van der Waals surface area contributed by atoms with Crippen molar-refractivity contribution in [2.24, 2.45) is 0 Å². The van der Waals surface area contributed by atoms with E-state index in [2.05, 4.69) is 15.3 Å². The van der Waals surface area contributed by atoms with E-state index >= 15 is 0 Å². The summed E-state index contributed by atoms with van der Waals surface area (Å²) in [7, 11) is 1.17. The molecule has 1 atom stereocenters. The van der Waals surface area contributed by atoms with E-state index in [0.29, 0.717) is 5.52 Å². The molecule has 4 nitrogen and oxygen atoms in total. The lowest BCUT2D eigenvalue weighted by atomic mass is 10.0. The molecule has 0 spiro atoms. The summed E-state index contributed by atoms with van der Waals surface area (Å²) in [6.07, 6.45) is -3.79. The van der Waals surface area contributed by atoms with Gasteiger partial charge in [0.25, 0.3) is 0 Å². The Balaban J connectivity index is 2.49. The van der Waals surface area contributed by atoms with Crippen molar-refractivity contribution in [3.63, 3.8) is 0 Å². The van der Waals surface area contributed by atoms with Crippen molar-refractivity contribution in [2.45, 2.75) is 18.4 Å². The molecule has 19 heavy (non-hydrogen) atoms. The van der Waals surface area contributed by atoms with E-state index in [1.807, 2.05) is 0 Å². The predicted molar refractivity (Wildman–Crippen MR) is 61.7 cm³/mol. The molecule has 104 valence electrons. The standard InChI is InChI=1S/C11H11F4N3O/c1-16-8(11(14,15)9(12)13)5-2-3-6-7(4-5)18-10(19)17-6/h2-4,8-9,16H,1H3,(H2,17,18,19). The molecule has 0 aliphatic carbocycles. The minimum Gasteiger partial charge on any atom is -0.308 e. The van der Waals surface area contributed by atoms with Crippen LogP contribution in [0.2, 0.25) is 0 Å². The van der Waals surface area contributed by atoms with Crippen LogP contribution in [0.4, 0.5) is 17.6 Å². The molecule has 3 N–H and O–H groups in total. The second kappa shape index (κ2) is 4.69. The van der Waals surface area contributed by atoms with Gasteiger partial charge in [0.2, 0.25) is 0 Å². The molecule has 0 aliphatic rings. The highest BCUT2D eigenvalue weighted by Crippen LogP contribution is 2.36. The maximum absolute atomic E-state index is 13.4. The molecule has 0 saturated heterocycles. The van der Waals surface area contributed by atoms with Crippen LogP contribution in [0.5, 0.6) is 0 Å². The van der Waals surface area contributed by atoms with Gasteiger partial charge < -0.3 is 15.3 Å². The van der Waals surface area contributed by atoms with Gasteiger partial charge in [-0.05, 0) is 24.7 Å². The number of H-pyrrole nitrogens is 2. The normalized spacial score (nSPS) is 14.2. The second-order valence-electron chi connectivity index (χ2n) is 4.08. The third kappa shape index (κ3) is 2.35. The van der Waals surface area contributed by atoms with Gasteiger partial charge in [-0.2, -0.15) is 8.78 Å². The van der Waals surface area contributed by atoms with Crippen molar-refractivity contribution in [3.8, 4) is 0 Å². The Bertz CT molecular complexity index is 634. The lowest BCUT2D eigenvalue weighted by Crippen LogP contribution is -2.41. The van der Waals surface area contributed by atoms with Gasteiger partial charge in [0, 0.05) is 0 Å². The highest BCUT2D eigenvalue weighted by atomic mass is 19.3. The van der Waals surface area contributed by atoms with Crippen LogP contribution in [0.25, 0.3) is 11.0 Å². The minimum atomic E-state index is -4.21. The summed E-state index contributed by atoms with van der Waals surface area (Å²) in [5, 5.41) is 2.18. The van der Waals surface area contributed by atoms with Gasteiger partial charge in [0.1, 0.15) is 6.04 Å². The topological polar surface area (TPSA) is 60.7 Å². The molecule has 0 radical (unpaired) electrons. The summed E-state index contributed by atoms with van der Waals surface area (Å²) in [4.78, 5) is 15.9. The fourth-order valence-electron chi connectivity index (χ4n) is 1.94. The molecule has 1 aromatic carbocycles. The molecule has 0 bridgehead atoms. The molecule has 0 fully saturated rings. The molecule has 0 amide bonds. The first-order valence-electron chi connectivity index (χ1n) is 5.41. The maximum atomic E-state index is 13.4. The van der Waals surface area contributed by atoms with Crippen LogP contribution in [0, 0.1) is 0 Å². The van der Waals surface area contributed by atoms with Gasteiger partial charge in [-0.15, -0.1) is 0 Å². The monoisotopic (exact) mass is 277 g/mol. The number of halogens is 4. The zero-order valence-corrected chi connectivity index (χ0v) is 9.81. The van der Waals surface area contributed by atoms with Crippen LogP contribution in [0.1, 0.15) is 11.6 Å². The molecule has 1 aromatic heterocycles. The number of alkyl halides is 4. The Morgan fingerprint density at radius 2 is 1.84 bits per heavy atom. The summed E-state index contributed by atoms with van der Waals surface area (Å²) in [5.74, 6) is -4.21. The zero-order chi connectivity index (χ0) is 14.2. The average Bonchev–Trinajstić information content (AvgIpc) is 2.68. The van der Waals surface area contributed by atoms with E-state index in [9.17, 15) is 22.4 Å². The van der Waals surface area contributed by atoms with Gasteiger partial charge in [-0.3, -0.25) is 0 Å². The molecule has 2 rings (SSSR count). The molecule has 0 aliphatic heterocycles. The first-order chi connectivity index (χ1) is 8.86. The highest BCUT2D eigenvalue weighted by Gasteiger charge is 2.48. The van der Waals surface area contributed by atoms with Crippen molar-refractivity contribution in [1.29, 1.82) is 0 Å². The number of imidazole rings is 1. The fraction of sp³-hybridized carbons (Fsp3) is 0.364. The molecular formula is C11H11F4N3O. The Morgan fingerprint density at radius 1 is 1.21 bits per heavy atom. The number of aromatic amines is 2. The van der Waals surface area contributed by atoms with Crippen LogP contribution in [0.3, 0.4) is 0 Å². The first-order valence-corrected chi connectivity index (χ1v) is 5.41. The van der Waals surface area contributed by atoms with Crippen LogP contribution < -0.4 is 11.0 Å². The molecule has 8 heteroatoms. The Kier molecular flexibility index (Phi) is 3.36. The first kappa shape index (κ1) is 13.6. The SMILES string of the molecule is CNC(c1ccc2[nH]c(=O)[nH]c2c1)C(F)(F)C(F)F. The molecule has 1 unspecified atom stereocenters. The van der Waals surface area contributed by atoms with E-state index in [0.717, 1.165) is 0 Å². The van der Waals surface area contributed by atoms with Crippen LogP contribution in [-0.2, 0) is 0 Å². The fourth-order valence-corrected chi connectivity index (χ4v) is 1.94. The maximum Gasteiger partial charge on any atom is 0.326 e. The molecule has 0 saturated carbocycles. The number of hydrogen-bond donors (Lipinski definition) is 3. The lowest BCUT2D eigenvalue weighted by Gasteiger charge is -2.26. The van der Waals surface area contributed by atoms with Gasteiger partial charge in [0.15, 0.2) is 0 Å². The van der Waals surface area contributed by atoms with Crippen LogP contribution in [-0.4, -0.2) is 29.4 Å². The minimum absolute atomic E-state index is 0.0319. The molecule has 2 aromatic rings. The van der Waals surface area contributed by atoms with Crippen molar-refractivity contribution < 1.29 is 17.6 Å². The molecular weight excluding hydrogens is 266 g/mol. The Hall–Kier alpha value is -1.83. The zero-order valence-electron chi connectivity index (χ0n) is 9.81. The smallest absolute Gasteiger partial charge is 0.308 e. The number of aromatic nitrogens is 2. The van der Waals surface area contributed by atoms with Gasteiger partial charge >= 0.3 is 18.0 Å².